The minimum atomic E-state index is -3.26. The topological polar surface area (TPSA) is 60.4 Å². The molecular formula is C21H26O4S. The van der Waals surface area contributed by atoms with Crippen molar-refractivity contribution in [1.82, 2.24) is 0 Å². The van der Waals surface area contributed by atoms with E-state index >= 15 is 0 Å². The fourth-order valence-electron chi connectivity index (χ4n) is 2.63. The zero-order chi connectivity index (χ0) is 19.2. The van der Waals surface area contributed by atoms with Crippen molar-refractivity contribution in [3.8, 4) is 0 Å². The Balaban J connectivity index is 2.15. The van der Waals surface area contributed by atoms with Gasteiger partial charge in [0.05, 0.1) is 17.6 Å². The van der Waals surface area contributed by atoms with Crippen LogP contribution in [0.15, 0.2) is 48.5 Å². The van der Waals surface area contributed by atoms with Gasteiger partial charge < -0.3 is 4.74 Å². The summed E-state index contributed by atoms with van der Waals surface area (Å²) in [5.74, 6) is -0.174. The highest BCUT2D eigenvalue weighted by molar-refractivity contribution is 7.91. The van der Waals surface area contributed by atoms with Gasteiger partial charge in [-0.1, -0.05) is 48.5 Å². The predicted octanol–water partition coefficient (Wildman–Crippen LogP) is 3.62. The van der Waals surface area contributed by atoms with Crippen molar-refractivity contribution in [2.24, 2.45) is 0 Å². The van der Waals surface area contributed by atoms with Crippen LogP contribution in [0, 0.1) is 0 Å². The van der Waals surface area contributed by atoms with Crippen LogP contribution in [0.5, 0.6) is 0 Å². The highest BCUT2D eigenvalue weighted by atomic mass is 32.2. The van der Waals surface area contributed by atoms with Gasteiger partial charge in [0.2, 0.25) is 0 Å². The van der Waals surface area contributed by atoms with E-state index in [0.717, 1.165) is 17.5 Å². The number of benzene rings is 2. The van der Waals surface area contributed by atoms with Crippen molar-refractivity contribution in [2.75, 3.05) is 13.7 Å². The lowest BCUT2D eigenvalue weighted by Crippen LogP contribution is -2.18. The summed E-state index contributed by atoms with van der Waals surface area (Å²) in [4.78, 5) is 12.7. The maximum absolute atomic E-state index is 12.7. The Kier molecular flexibility index (Phi) is 7.12. The Labute approximate surface area is 156 Å². The first-order valence-corrected chi connectivity index (χ1v) is 10.4. The number of rotatable bonds is 9. The first-order valence-electron chi connectivity index (χ1n) is 8.73. The molecule has 0 aliphatic heterocycles. The van der Waals surface area contributed by atoms with Crippen molar-refractivity contribution in [2.45, 2.75) is 37.7 Å². The van der Waals surface area contributed by atoms with Crippen LogP contribution in [0.3, 0.4) is 0 Å². The zero-order valence-electron chi connectivity index (χ0n) is 15.6. The van der Waals surface area contributed by atoms with Crippen LogP contribution in [0.4, 0.5) is 0 Å². The highest BCUT2D eigenvalue weighted by Gasteiger charge is 2.20. The fraction of sp³-hybridized carbons (Fsp3) is 0.381. The van der Waals surface area contributed by atoms with Crippen LogP contribution in [-0.4, -0.2) is 33.2 Å². The molecule has 0 N–H and O–H groups in total. The van der Waals surface area contributed by atoms with Crippen molar-refractivity contribution in [3.63, 3.8) is 0 Å². The molecule has 0 spiro atoms. The lowest BCUT2D eigenvalue weighted by molar-refractivity contribution is 0.0992. The molecule has 0 heterocycles. The third kappa shape index (κ3) is 5.51. The average Bonchev–Trinajstić information content (AvgIpc) is 2.61. The van der Waals surface area contributed by atoms with Gasteiger partial charge in [-0.05, 0) is 37.0 Å². The molecule has 0 saturated heterocycles. The normalized spacial score (nSPS) is 11.7. The molecule has 0 fully saturated rings. The Hall–Kier alpha value is -1.98. The molecule has 2 aromatic carbocycles. The molecule has 2 aromatic rings. The van der Waals surface area contributed by atoms with Crippen LogP contribution in [0.2, 0.25) is 0 Å². The molecule has 4 nitrogen and oxygen atoms in total. The molecule has 140 valence electrons. The lowest BCUT2D eigenvalue weighted by Gasteiger charge is -2.12. The van der Waals surface area contributed by atoms with Gasteiger partial charge in [-0.25, -0.2) is 8.42 Å². The van der Waals surface area contributed by atoms with E-state index in [1.165, 1.54) is 0 Å². The fourth-order valence-corrected chi connectivity index (χ4v) is 3.64. The standard InChI is InChI=1S/C21H26O4S/c1-16(2)26(23,24)15-19-6-4-5-7-20(19)21(22)14-18-10-8-17(9-11-18)12-13-25-3/h4-11,16H,12-15H2,1-3H3. The van der Waals surface area contributed by atoms with E-state index < -0.39 is 15.1 Å². The number of methoxy groups -OCH3 is 1. The SMILES string of the molecule is COCCc1ccc(CC(=O)c2ccccc2CS(=O)(=O)C(C)C)cc1. The van der Waals surface area contributed by atoms with E-state index in [1.54, 1.807) is 45.2 Å². The van der Waals surface area contributed by atoms with Crippen LogP contribution < -0.4 is 0 Å². The summed E-state index contributed by atoms with van der Waals surface area (Å²) in [5, 5.41) is -0.467. The molecule has 0 aliphatic carbocycles. The quantitative estimate of drug-likeness (QED) is 0.629. The zero-order valence-corrected chi connectivity index (χ0v) is 16.4. The summed E-state index contributed by atoms with van der Waals surface area (Å²) in [6.07, 6.45) is 1.09. The molecule has 26 heavy (non-hydrogen) atoms. The van der Waals surface area contributed by atoms with E-state index in [-0.39, 0.29) is 18.0 Å². The first-order chi connectivity index (χ1) is 12.3. The number of ether oxygens (including phenoxy) is 1. The predicted molar refractivity (Wildman–Crippen MR) is 104 cm³/mol. The monoisotopic (exact) mass is 374 g/mol. The second-order valence-electron chi connectivity index (χ2n) is 6.67. The average molecular weight is 375 g/mol. The van der Waals surface area contributed by atoms with Gasteiger partial charge in [-0.2, -0.15) is 0 Å². The number of carbonyl (C=O) groups excluding carboxylic acids is 1. The molecular weight excluding hydrogens is 348 g/mol. The highest BCUT2D eigenvalue weighted by Crippen LogP contribution is 2.18. The Morgan fingerprint density at radius 1 is 1.00 bits per heavy atom. The number of Topliss-reactive ketones (excluding diaryl/α,β-unsaturated/α-hetero) is 1. The summed E-state index contributed by atoms with van der Waals surface area (Å²) in [5.41, 5.74) is 3.13. The maximum Gasteiger partial charge on any atom is 0.167 e. The van der Waals surface area contributed by atoms with Gasteiger partial charge in [0, 0.05) is 19.1 Å². The Bertz CT molecular complexity index is 837. The van der Waals surface area contributed by atoms with E-state index in [4.69, 9.17) is 4.74 Å². The van der Waals surface area contributed by atoms with Crippen LogP contribution >= 0.6 is 0 Å². The van der Waals surface area contributed by atoms with Gasteiger partial charge in [0.1, 0.15) is 0 Å². The van der Waals surface area contributed by atoms with Crippen molar-refractivity contribution in [1.29, 1.82) is 0 Å². The van der Waals surface area contributed by atoms with E-state index in [0.29, 0.717) is 17.7 Å². The van der Waals surface area contributed by atoms with Crippen molar-refractivity contribution >= 4 is 15.6 Å². The van der Waals surface area contributed by atoms with Gasteiger partial charge in [0.25, 0.3) is 0 Å². The molecule has 0 saturated carbocycles. The Morgan fingerprint density at radius 3 is 2.23 bits per heavy atom. The summed E-state index contributed by atoms with van der Waals surface area (Å²) >= 11 is 0. The van der Waals surface area contributed by atoms with Gasteiger partial charge in [-0.3, -0.25) is 4.79 Å². The second-order valence-corrected chi connectivity index (χ2v) is 9.23. The molecule has 0 amide bonds. The smallest absolute Gasteiger partial charge is 0.167 e. The molecule has 0 atom stereocenters. The van der Waals surface area contributed by atoms with Crippen LogP contribution in [-0.2, 0) is 33.2 Å². The number of sulfone groups is 1. The molecule has 0 radical (unpaired) electrons. The third-order valence-electron chi connectivity index (χ3n) is 4.38. The summed E-state index contributed by atoms with van der Waals surface area (Å²) in [6.45, 7) is 3.98. The minimum absolute atomic E-state index is 0.0656. The van der Waals surface area contributed by atoms with Crippen molar-refractivity contribution in [3.05, 3.63) is 70.8 Å². The summed E-state index contributed by atoms with van der Waals surface area (Å²) < 4.78 is 29.5. The van der Waals surface area contributed by atoms with E-state index in [9.17, 15) is 13.2 Å². The summed E-state index contributed by atoms with van der Waals surface area (Å²) in [7, 11) is -1.59. The largest absolute Gasteiger partial charge is 0.384 e. The van der Waals surface area contributed by atoms with Gasteiger partial charge in [0.15, 0.2) is 15.6 Å². The number of carbonyl (C=O) groups is 1. The maximum atomic E-state index is 12.7. The molecule has 0 aliphatic rings. The van der Waals surface area contributed by atoms with Crippen molar-refractivity contribution < 1.29 is 17.9 Å². The number of hydrogen-bond acceptors (Lipinski definition) is 4. The number of ketones is 1. The molecule has 2 rings (SSSR count). The van der Waals surface area contributed by atoms with Gasteiger partial charge in [-0.15, -0.1) is 0 Å². The van der Waals surface area contributed by atoms with Gasteiger partial charge >= 0.3 is 0 Å². The molecule has 0 bridgehead atoms. The van der Waals surface area contributed by atoms with Crippen LogP contribution in [0.1, 0.15) is 40.9 Å². The number of hydrogen-bond donors (Lipinski definition) is 0. The molecule has 0 unspecified atom stereocenters. The molecule has 0 aromatic heterocycles. The molecule has 5 heteroatoms. The summed E-state index contributed by atoms with van der Waals surface area (Å²) in [6, 6.07) is 14.8. The Morgan fingerprint density at radius 2 is 1.62 bits per heavy atom. The first kappa shape index (κ1) is 20.3. The minimum Gasteiger partial charge on any atom is -0.384 e. The lowest BCUT2D eigenvalue weighted by atomic mass is 9.98. The van der Waals surface area contributed by atoms with E-state index in [2.05, 4.69) is 0 Å². The van der Waals surface area contributed by atoms with E-state index in [1.807, 2.05) is 24.3 Å². The van der Waals surface area contributed by atoms with Crippen LogP contribution in [0.25, 0.3) is 0 Å². The second kappa shape index (κ2) is 9.10. The third-order valence-corrected chi connectivity index (χ3v) is 6.53.